The van der Waals surface area contributed by atoms with Gasteiger partial charge in [0.25, 0.3) is 0 Å². The second-order valence-corrected chi connectivity index (χ2v) is 7.59. The molecule has 2 heterocycles. The summed E-state index contributed by atoms with van der Waals surface area (Å²) in [4.78, 5) is 23.9. The summed E-state index contributed by atoms with van der Waals surface area (Å²) >= 11 is 0. The van der Waals surface area contributed by atoms with Crippen LogP contribution in [0.15, 0.2) is 6.07 Å². The maximum Gasteiger partial charge on any atom is 0.225 e. The summed E-state index contributed by atoms with van der Waals surface area (Å²) in [6, 6.07) is 2.38. The minimum Gasteiger partial charge on any atom is -0.353 e. The highest BCUT2D eigenvalue weighted by atomic mass is 16.2. The van der Waals surface area contributed by atoms with E-state index in [0.717, 1.165) is 49.7 Å². The van der Waals surface area contributed by atoms with Gasteiger partial charge in [-0.25, -0.2) is 9.97 Å². The molecule has 1 aromatic heterocycles. The molecule has 24 heavy (non-hydrogen) atoms. The molecule has 5 heteroatoms. The number of aryl methyl sites for hydroxylation is 2. The largest absolute Gasteiger partial charge is 0.353 e. The van der Waals surface area contributed by atoms with Gasteiger partial charge in [-0.15, -0.1) is 0 Å². The highest BCUT2D eigenvalue weighted by molar-refractivity contribution is 5.79. The molecule has 1 amide bonds. The van der Waals surface area contributed by atoms with Gasteiger partial charge >= 0.3 is 0 Å². The van der Waals surface area contributed by atoms with Crippen molar-refractivity contribution < 1.29 is 4.79 Å². The number of piperidine rings is 1. The zero-order chi connectivity index (χ0) is 17.1. The summed E-state index contributed by atoms with van der Waals surface area (Å²) in [5.41, 5.74) is 2.01. The molecule has 0 bridgehead atoms. The number of amides is 1. The quantitative estimate of drug-likeness (QED) is 0.925. The van der Waals surface area contributed by atoms with Gasteiger partial charge in [-0.05, 0) is 51.5 Å². The number of carbonyl (C=O) groups excluding carboxylic acids is 1. The molecule has 0 unspecified atom stereocenters. The Kier molecular flexibility index (Phi) is 5.36. The Bertz CT molecular complexity index is 560. The zero-order valence-electron chi connectivity index (χ0n) is 15.2. The van der Waals surface area contributed by atoms with Gasteiger partial charge in [-0.3, -0.25) is 4.79 Å². The van der Waals surface area contributed by atoms with Crippen molar-refractivity contribution >= 4 is 11.9 Å². The first-order valence-electron chi connectivity index (χ1n) is 9.40. The number of hydrogen-bond donors (Lipinski definition) is 1. The topological polar surface area (TPSA) is 58.1 Å². The van der Waals surface area contributed by atoms with Crippen molar-refractivity contribution in [2.45, 2.75) is 65.3 Å². The van der Waals surface area contributed by atoms with Gasteiger partial charge in [0.15, 0.2) is 0 Å². The van der Waals surface area contributed by atoms with Crippen molar-refractivity contribution in [2.24, 2.45) is 11.8 Å². The maximum absolute atomic E-state index is 12.6. The molecule has 1 aliphatic carbocycles. The molecule has 0 aromatic carbocycles. The molecule has 3 rings (SSSR count). The van der Waals surface area contributed by atoms with E-state index < -0.39 is 0 Å². The van der Waals surface area contributed by atoms with Crippen LogP contribution < -0.4 is 10.2 Å². The van der Waals surface area contributed by atoms with Crippen LogP contribution in [0.3, 0.4) is 0 Å². The average Bonchev–Trinajstić information content (AvgIpc) is 2.56. The lowest BCUT2D eigenvalue weighted by molar-refractivity contribution is -0.126. The Morgan fingerprint density at radius 3 is 2.33 bits per heavy atom. The lowest BCUT2D eigenvalue weighted by Crippen LogP contribution is -2.47. The van der Waals surface area contributed by atoms with Crippen molar-refractivity contribution in [2.75, 3.05) is 18.0 Å². The molecule has 5 nitrogen and oxygen atoms in total. The second kappa shape index (κ2) is 7.49. The van der Waals surface area contributed by atoms with Gasteiger partial charge in [0, 0.05) is 36.4 Å². The van der Waals surface area contributed by atoms with E-state index >= 15 is 0 Å². The van der Waals surface area contributed by atoms with Crippen LogP contribution in [-0.4, -0.2) is 35.0 Å². The summed E-state index contributed by atoms with van der Waals surface area (Å²) in [6.07, 6.45) is 6.72. The minimum atomic E-state index is 0.140. The number of nitrogens with one attached hydrogen (secondary N) is 1. The number of nitrogens with zero attached hydrogens (tertiary/aromatic N) is 3. The Morgan fingerprint density at radius 2 is 1.71 bits per heavy atom. The standard InChI is InChI=1S/C19H30N4O/c1-13-6-4-5-7-17(13)22-18(24)16-8-10-23(11-9-16)19-20-14(2)12-15(3)21-19/h12-13,16-17H,4-11H2,1-3H3,(H,22,24)/t13-,17+/m0/s1. The van der Waals surface area contributed by atoms with Crippen molar-refractivity contribution in [1.82, 2.24) is 15.3 Å². The summed E-state index contributed by atoms with van der Waals surface area (Å²) in [7, 11) is 0. The van der Waals surface area contributed by atoms with Gasteiger partial charge in [0.1, 0.15) is 0 Å². The zero-order valence-corrected chi connectivity index (χ0v) is 15.2. The fourth-order valence-corrected chi connectivity index (χ4v) is 4.02. The summed E-state index contributed by atoms with van der Waals surface area (Å²) in [5, 5.41) is 3.32. The Morgan fingerprint density at radius 1 is 1.08 bits per heavy atom. The lowest BCUT2D eigenvalue weighted by Gasteiger charge is -2.34. The van der Waals surface area contributed by atoms with Crippen LogP contribution in [-0.2, 0) is 4.79 Å². The van der Waals surface area contributed by atoms with Crippen LogP contribution >= 0.6 is 0 Å². The van der Waals surface area contributed by atoms with Crippen LogP contribution in [0, 0.1) is 25.7 Å². The Balaban J connectivity index is 1.53. The summed E-state index contributed by atoms with van der Waals surface area (Å²) in [5.74, 6) is 1.83. The van der Waals surface area contributed by atoms with Crippen molar-refractivity contribution in [3.05, 3.63) is 17.5 Å². The van der Waals surface area contributed by atoms with Gasteiger partial charge in [0.05, 0.1) is 0 Å². The van der Waals surface area contributed by atoms with E-state index in [-0.39, 0.29) is 11.8 Å². The fourth-order valence-electron chi connectivity index (χ4n) is 4.02. The van der Waals surface area contributed by atoms with E-state index in [0.29, 0.717) is 12.0 Å². The molecule has 2 atom stereocenters. The predicted octanol–water partition coefficient (Wildman–Crippen LogP) is 3.00. The third-order valence-corrected chi connectivity index (χ3v) is 5.56. The number of anilines is 1. The highest BCUT2D eigenvalue weighted by Gasteiger charge is 2.29. The molecular weight excluding hydrogens is 300 g/mol. The third kappa shape index (κ3) is 4.05. The molecule has 1 aromatic rings. The van der Waals surface area contributed by atoms with Crippen LogP contribution in [0.1, 0.15) is 56.8 Å². The molecule has 0 radical (unpaired) electrons. The van der Waals surface area contributed by atoms with Crippen molar-refractivity contribution in [1.29, 1.82) is 0 Å². The first-order valence-corrected chi connectivity index (χ1v) is 9.40. The second-order valence-electron chi connectivity index (χ2n) is 7.59. The molecular formula is C19H30N4O. The van der Waals surface area contributed by atoms with Crippen LogP contribution in [0.5, 0.6) is 0 Å². The van der Waals surface area contributed by atoms with Gasteiger partial charge in [-0.2, -0.15) is 0 Å². The molecule has 1 aliphatic heterocycles. The van der Waals surface area contributed by atoms with E-state index in [1.54, 1.807) is 0 Å². The predicted molar refractivity (Wildman–Crippen MR) is 96.0 cm³/mol. The van der Waals surface area contributed by atoms with E-state index in [4.69, 9.17) is 0 Å². The van der Waals surface area contributed by atoms with E-state index in [1.807, 2.05) is 19.9 Å². The molecule has 1 saturated carbocycles. The summed E-state index contributed by atoms with van der Waals surface area (Å²) in [6.45, 7) is 8.00. The van der Waals surface area contributed by atoms with Crippen molar-refractivity contribution in [3.8, 4) is 0 Å². The smallest absolute Gasteiger partial charge is 0.225 e. The molecule has 1 N–H and O–H groups in total. The van der Waals surface area contributed by atoms with Gasteiger partial charge in [-0.1, -0.05) is 19.8 Å². The van der Waals surface area contributed by atoms with E-state index in [9.17, 15) is 4.79 Å². The number of rotatable bonds is 3. The highest BCUT2D eigenvalue weighted by Crippen LogP contribution is 2.26. The molecule has 1 saturated heterocycles. The lowest BCUT2D eigenvalue weighted by atomic mass is 9.85. The molecule has 0 spiro atoms. The van der Waals surface area contributed by atoms with Crippen LogP contribution in [0.4, 0.5) is 5.95 Å². The Labute approximate surface area is 145 Å². The minimum absolute atomic E-state index is 0.140. The van der Waals surface area contributed by atoms with Crippen LogP contribution in [0.2, 0.25) is 0 Å². The first-order chi connectivity index (χ1) is 11.5. The number of carbonyl (C=O) groups is 1. The van der Waals surface area contributed by atoms with Gasteiger partial charge < -0.3 is 10.2 Å². The van der Waals surface area contributed by atoms with Crippen LogP contribution in [0.25, 0.3) is 0 Å². The SMILES string of the molecule is Cc1cc(C)nc(N2CCC(C(=O)N[C@@H]3CCCC[C@@H]3C)CC2)n1. The molecule has 132 valence electrons. The maximum atomic E-state index is 12.6. The number of aromatic nitrogens is 2. The monoisotopic (exact) mass is 330 g/mol. The summed E-state index contributed by atoms with van der Waals surface area (Å²) < 4.78 is 0. The first kappa shape index (κ1) is 17.2. The third-order valence-electron chi connectivity index (χ3n) is 5.56. The molecule has 2 aliphatic rings. The number of hydrogen-bond acceptors (Lipinski definition) is 4. The fraction of sp³-hybridized carbons (Fsp3) is 0.737. The Hall–Kier alpha value is -1.65. The average molecular weight is 330 g/mol. The molecule has 2 fully saturated rings. The van der Waals surface area contributed by atoms with Crippen molar-refractivity contribution in [3.63, 3.8) is 0 Å². The van der Waals surface area contributed by atoms with E-state index in [1.165, 1.54) is 19.3 Å². The van der Waals surface area contributed by atoms with E-state index in [2.05, 4.69) is 27.1 Å². The normalized spacial score (nSPS) is 25.5. The van der Waals surface area contributed by atoms with Gasteiger partial charge in [0.2, 0.25) is 11.9 Å².